The number of rotatable bonds is 6. The van der Waals surface area contributed by atoms with E-state index >= 15 is 0 Å². The van der Waals surface area contributed by atoms with Crippen LogP contribution in [-0.4, -0.2) is 35.2 Å². The highest BCUT2D eigenvalue weighted by Crippen LogP contribution is 2.31. The van der Waals surface area contributed by atoms with Crippen LogP contribution in [0.15, 0.2) is 36.5 Å². The lowest BCUT2D eigenvalue weighted by atomic mass is 9.89. The quantitative estimate of drug-likeness (QED) is 0.547. The number of carbonyl (C=O) groups excluding carboxylic acids is 2. The van der Waals surface area contributed by atoms with Crippen molar-refractivity contribution in [3.05, 3.63) is 42.1 Å². The number of hydrogen-bond acceptors (Lipinski definition) is 5. The van der Waals surface area contributed by atoms with Crippen LogP contribution >= 0.6 is 11.8 Å². The molecule has 3 N–H and O–H groups in total. The zero-order chi connectivity index (χ0) is 16.8. The molecule has 1 heterocycles. The molecule has 1 aliphatic heterocycles. The van der Waals surface area contributed by atoms with Crippen molar-refractivity contribution in [1.82, 2.24) is 10.6 Å². The second kappa shape index (κ2) is 7.92. The monoisotopic (exact) mass is 336 g/mol. The Hall–Kier alpha value is -2.15. The van der Waals surface area contributed by atoms with E-state index in [1.165, 1.54) is 12.1 Å². The van der Waals surface area contributed by atoms with E-state index in [4.69, 9.17) is 4.74 Å². The molecule has 1 aromatic rings. The molecule has 1 fully saturated rings. The molecule has 0 aromatic heterocycles. The van der Waals surface area contributed by atoms with E-state index in [0.717, 1.165) is 11.5 Å². The van der Waals surface area contributed by atoms with Gasteiger partial charge in [0.1, 0.15) is 18.3 Å². The Balaban J connectivity index is 2.14. The molecule has 124 valence electrons. The van der Waals surface area contributed by atoms with Crippen molar-refractivity contribution in [3.8, 4) is 5.75 Å². The minimum absolute atomic E-state index is 0.114. The number of ether oxygens (including phenoxy) is 1. The fourth-order valence-corrected chi connectivity index (χ4v) is 2.85. The molecule has 7 heteroatoms. The van der Waals surface area contributed by atoms with E-state index in [0.29, 0.717) is 17.9 Å². The van der Waals surface area contributed by atoms with Gasteiger partial charge in [-0.25, -0.2) is 4.79 Å². The lowest BCUT2D eigenvalue weighted by Gasteiger charge is -2.33. The van der Waals surface area contributed by atoms with Crippen molar-refractivity contribution in [1.29, 1.82) is 0 Å². The third-order valence-corrected chi connectivity index (χ3v) is 4.32. The number of amides is 2. The summed E-state index contributed by atoms with van der Waals surface area (Å²) in [7, 11) is 0. The van der Waals surface area contributed by atoms with Crippen LogP contribution in [0.1, 0.15) is 18.5 Å². The summed E-state index contributed by atoms with van der Waals surface area (Å²) in [5.41, 5.74) is 1.00. The average Bonchev–Trinajstić information content (AvgIpc) is 2.51. The van der Waals surface area contributed by atoms with Gasteiger partial charge in [0, 0.05) is 11.4 Å². The van der Waals surface area contributed by atoms with Gasteiger partial charge in [0.15, 0.2) is 0 Å². The van der Waals surface area contributed by atoms with Crippen LogP contribution in [0.2, 0.25) is 0 Å². The van der Waals surface area contributed by atoms with Crippen molar-refractivity contribution < 1.29 is 19.4 Å². The van der Waals surface area contributed by atoms with Gasteiger partial charge in [-0.1, -0.05) is 25.6 Å². The molecule has 0 aliphatic carbocycles. The third kappa shape index (κ3) is 4.41. The molecule has 0 saturated carbocycles. The summed E-state index contributed by atoms with van der Waals surface area (Å²) in [6.45, 7) is 6.13. The van der Waals surface area contributed by atoms with Gasteiger partial charge in [0.2, 0.25) is 0 Å². The molecule has 0 radical (unpaired) electrons. The predicted octanol–water partition coefficient (Wildman–Crippen LogP) is 2.17. The van der Waals surface area contributed by atoms with E-state index in [9.17, 15) is 14.7 Å². The molecule has 1 aromatic carbocycles. The van der Waals surface area contributed by atoms with Gasteiger partial charge in [0.05, 0.1) is 6.04 Å². The van der Waals surface area contributed by atoms with E-state index < -0.39 is 24.0 Å². The molecule has 2 rings (SSSR count). The van der Waals surface area contributed by atoms with Gasteiger partial charge >= 0.3 is 12.0 Å². The lowest BCUT2D eigenvalue weighted by molar-refractivity contribution is -0.147. The fraction of sp³-hybridized carbons (Fsp3) is 0.375. The van der Waals surface area contributed by atoms with Crippen molar-refractivity contribution in [2.75, 3.05) is 18.1 Å². The van der Waals surface area contributed by atoms with Crippen LogP contribution in [0.4, 0.5) is 4.79 Å². The number of thioether (sulfide) groups is 1. The summed E-state index contributed by atoms with van der Waals surface area (Å²) in [4.78, 5) is 24.1. The molecule has 1 aliphatic rings. The van der Waals surface area contributed by atoms with Crippen LogP contribution in [0.25, 0.3) is 0 Å². The Morgan fingerprint density at radius 3 is 2.74 bits per heavy atom. The molecule has 6 nitrogen and oxygen atoms in total. The largest absolute Gasteiger partial charge is 0.508 e. The smallest absolute Gasteiger partial charge is 0.319 e. The summed E-state index contributed by atoms with van der Waals surface area (Å²) >= 11 is 1.68. The maximum atomic E-state index is 12.4. The molecule has 1 saturated heterocycles. The number of esters is 1. The zero-order valence-corrected chi connectivity index (χ0v) is 13.7. The van der Waals surface area contributed by atoms with Crippen molar-refractivity contribution in [3.63, 3.8) is 0 Å². The van der Waals surface area contributed by atoms with Crippen molar-refractivity contribution in [2.45, 2.75) is 13.0 Å². The SMILES string of the molecule is C=C1NC(=O)N[C@H](c2ccc(O)cc2)[C@H]1C(=O)OCCSCC. The molecular formula is C16H20N2O4S. The second-order valence-electron chi connectivity index (χ2n) is 5.03. The van der Waals surface area contributed by atoms with Crippen LogP contribution in [0.5, 0.6) is 5.75 Å². The van der Waals surface area contributed by atoms with Gasteiger partial charge in [-0.2, -0.15) is 11.8 Å². The summed E-state index contributed by atoms with van der Waals surface area (Å²) in [5, 5.41) is 14.6. The van der Waals surface area contributed by atoms with Gasteiger partial charge < -0.3 is 20.5 Å². The lowest BCUT2D eigenvalue weighted by Crippen LogP contribution is -2.51. The highest BCUT2D eigenvalue weighted by molar-refractivity contribution is 7.99. The third-order valence-electron chi connectivity index (χ3n) is 3.45. The van der Waals surface area contributed by atoms with Gasteiger partial charge in [-0.15, -0.1) is 0 Å². The minimum atomic E-state index is -0.719. The Bertz CT molecular complexity index is 588. The molecular weight excluding hydrogens is 316 g/mol. The summed E-state index contributed by atoms with van der Waals surface area (Å²) in [6.07, 6.45) is 0. The van der Waals surface area contributed by atoms with Crippen LogP contribution in [0.3, 0.4) is 0 Å². The van der Waals surface area contributed by atoms with Crippen LogP contribution in [0, 0.1) is 5.92 Å². The molecule has 23 heavy (non-hydrogen) atoms. The highest BCUT2D eigenvalue weighted by Gasteiger charge is 2.38. The van der Waals surface area contributed by atoms with Gasteiger partial charge in [0.25, 0.3) is 0 Å². The van der Waals surface area contributed by atoms with Crippen molar-refractivity contribution >= 4 is 23.8 Å². The van der Waals surface area contributed by atoms with Gasteiger partial charge in [-0.3, -0.25) is 4.79 Å². The van der Waals surface area contributed by atoms with E-state index in [-0.39, 0.29) is 5.75 Å². The number of phenols is 1. The number of carbonyl (C=O) groups is 2. The maximum absolute atomic E-state index is 12.4. The summed E-state index contributed by atoms with van der Waals surface area (Å²) in [5.74, 6) is 0.650. The molecule has 0 unspecified atom stereocenters. The van der Waals surface area contributed by atoms with Crippen LogP contribution in [-0.2, 0) is 9.53 Å². The first kappa shape index (κ1) is 17.2. The standard InChI is InChI=1S/C16H20N2O4S/c1-3-23-9-8-22-15(20)13-10(2)17-16(21)18-14(13)11-4-6-12(19)7-5-11/h4-7,13-14,19H,2-3,8-9H2,1H3,(H2,17,18,21)/t13-,14+/m0/s1. The fourth-order valence-electron chi connectivity index (χ4n) is 2.36. The first-order chi connectivity index (χ1) is 11.0. The predicted molar refractivity (Wildman–Crippen MR) is 89.1 cm³/mol. The molecule has 0 bridgehead atoms. The minimum Gasteiger partial charge on any atom is -0.508 e. The maximum Gasteiger partial charge on any atom is 0.319 e. The highest BCUT2D eigenvalue weighted by atomic mass is 32.2. The summed E-state index contributed by atoms with van der Waals surface area (Å²) < 4.78 is 5.30. The number of nitrogens with one attached hydrogen (secondary N) is 2. The zero-order valence-electron chi connectivity index (χ0n) is 12.9. The normalized spacial score (nSPS) is 20.6. The number of benzene rings is 1. The van der Waals surface area contributed by atoms with E-state index in [1.54, 1.807) is 23.9 Å². The topological polar surface area (TPSA) is 87.7 Å². The summed E-state index contributed by atoms with van der Waals surface area (Å²) in [6, 6.07) is 5.33. The van der Waals surface area contributed by atoms with Crippen molar-refractivity contribution in [2.24, 2.45) is 5.92 Å². The first-order valence-electron chi connectivity index (χ1n) is 7.32. The Morgan fingerprint density at radius 1 is 1.39 bits per heavy atom. The Kier molecular flexibility index (Phi) is 5.92. The van der Waals surface area contributed by atoms with Gasteiger partial charge in [-0.05, 0) is 23.4 Å². The number of hydrogen-bond donors (Lipinski definition) is 3. The molecule has 2 amide bonds. The number of phenolic OH excluding ortho intramolecular Hbond substituents is 1. The Morgan fingerprint density at radius 2 is 2.09 bits per heavy atom. The average molecular weight is 336 g/mol. The Labute approximate surface area is 139 Å². The molecule has 0 spiro atoms. The van der Waals surface area contributed by atoms with E-state index in [2.05, 4.69) is 17.2 Å². The number of aromatic hydroxyl groups is 1. The van der Waals surface area contributed by atoms with E-state index in [1.807, 2.05) is 6.92 Å². The number of urea groups is 1. The van der Waals surface area contributed by atoms with Crippen LogP contribution < -0.4 is 10.6 Å². The molecule has 2 atom stereocenters. The second-order valence-corrected chi connectivity index (χ2v) is 6.43. The first-order valence-corrected chi connectivity index (χ1v) is 8.48.